The number of hydrogen-bond acceptors (Lipinski definition) is 8. The first-order chi connectivity index (χ1) is 16.1. The number of carbonyl (C=O) groups is 2. The average Bonchev–Trinajstić information content (AvgIpc) is 3.52. The summed E-state index contributed by atoms with van der Waals surface area (Å²) in [5, 5.41) is 12.7. The lowest BCUT2D eigenvalue weighted by atomic mass is 10.1. The summed E-state index contributed by atoms with van der Waals surface area (Å²) in [5.74, 6) is 0.801. The van der Waals surface area contributed by atoms with Gasteiger partial charge in [0, 0.05) is 11.4 Å². The SMILES string of the molecule is C=CCn1c(SCC(=O)Nc2sc3c(c2C(=O)OC)CCC3)nnc1-c1ccccc1OC. The van der Waals surface area contributed by atoms with Gasteiger partial charge in [-0.1, -0.05) is 30.0 Å². The molecule has 8 nitrogen and oxygen atoms in total. The molecule has 3 aromatic rings. The molecule has 0 aliphatic heterocycles. The fraction of sp³-hybridized carbons (Fsp3) is 0.304. The van der Waals surface area contributed by atoms with Gasteiger partial charge in [-0.25, -0.2) is 4.79 Å². The van der Waals surface area contributed by atoms with Crippen LogP contribution in [0.2, 0.25) is 0 Å². The second kappa shape index (κ2) is 10.2. The van der Waals surface area contributed by atoms with Crippen molar-refractivity contribution in [3.05, 3.63) is 52.9 Å². The van der Waals surface area contributed by atoms with E-state index in [0.717, 1.165) is 35.3 Å². The van der Waals surface area contributed by atoms with E-state index in [0.29, 0.717) is 33.8 Å². The molecule has 172 valence electrons. The van der Waals surface area contributed by atoms with Crippen LogP contribution < -0.4 is 10.1 Å². The van der Waals surface area contributed by atoms with Crippen LogP contribution in [0.1, 0.15) is 27.2 Å². The van der Waals surface area contributed by atoms with E-state index in [-0.39, 0.29) is 11.7 Å². The number of esters is 1. The van der Waals surface area contributed by atoms with Crippen LogP contribution in [0.3, 0.4) is 0 Å². The number of amides is 1. The first-order valence-electron chi connectivity index (χ1n) is 10.4. The molecule has 0 atom stereocenters. The molecule has 1 aliphatic rings. The van der Waals surface area contributed by atoms with E-state index in [1.807, 2.05) is 28.8 Å². The summed E-state index contributed by atoms with van der Waals surface area (Å²) in [6, 6.07) is 7.57. The van der Waals surface area contributed by atoms with Gasteiger partial charge in [-0.2, -0.15) is 0 Å². The van der Waals surface area contributed by atoms with Crippen molar-refractivity contribution >= 4 is 40.0 Å². The van der Waals surface area contributed by atoms with Gasteiger partial charge in [0.25, 0.3) is 0 Å². The minimum Gasteiger partial charge on any atom is -0.496 e. The van der Waals surface area contributed by atoms with E-state index in [4.69, 9.17) is 9.47 Å². The zero-order chi connectivity index (χ0) is 23.4. The van der Waals surface area contributed by atoms with Gasteiger partial charge in [-0.3, -0.25) is 9.36 Å². The molecule has 0 saturated heterocycles. The molecule has 2 aromatic heterocycles. The number of methoxy groups -OCH3 is 2. The standard InChI is InChI=1S/C23H24N4O4S2/c1-4-12-27-20(14-8-5-6-10-16(14)30-2)25-26-23(27)32-13-18(28)24-21-19(22(29)31-3)15-9-7-11-17(15)33-21/h4-6,8,10H,1,7,9,11-13H2,2-3H3,(H,24,28). The van der Waals surface area contributed by atoms with Crippen molar-refractivity contribution in [3.63, 3.8) is 0 Å². The monoisotopic (exact) mass is 484 g/mol. The van der Waals surface area contributed by atoms with Crippen molar-refractivity contribution in [1.29, 1.82) is 0 Å². The molecule has 33 heavy (non-hydrogen) atoms. The predicted molar refractivity (Wildman–Crippen MR) is 129 cm³/mol. The quantitative estimate of drug-likeness (QED) is 0.276. The van der Waals surface area contributed by atoms with Crippen LogP contribution in [-0.2, 0) is 28.9 Å². The molecular formula is C23H24N4O4S2. The lowest BCUT2D eigenvalue weighted by molar-refractivity contribution is -0.113. The number of nitrogens with one attached hydrogen (secondary N) is 1. The molecule has 2 heterocycles. The Kier molecular flexibility index (Phi) is 7.14. The topological polar surface area (TPSA) is 95.3 Å². The van der Waals surface area contributed by atoms with Gasteiger partial charge in [-0.15, -0.1) is 28.1 Å². The third-order valence-corrected chi connectivity index (χ3v) is 7.45. The number of hydrogen-bond donors (Lipinski definition) is 1. The van der Waals surface area contributed by atoms with Crippen molar-refractivity contribution in [2.75, 3.05) is 25.3 Å². The maximum absolute atomic E-state index is 12.7. The van der Waals surface area contributed by atoms with Crippen LogP contribution >= 0.6 is 23.1 Å². The Morgan fingerprint density at radius 1 is 1.27 bits per heavy atom. The molecule has 0 fully saturated rings. The second-order valence-electron chi connectivity index (χ2n) is 7.30. The largest absolute Gasteiger partial charge is 0.496 e. The Bertz CT molecular complexity index is 1200. The molecule has 4 rings (SSSR count). The number of fused-ring (bicyclic) bond motifs is 1. The van der Waals surface area contributed by atoms with Gasteiger partial charge in [-0.05, 0) is 37.0 Å². The van der Waals surface area contributed by atoms with Gasteiger partial charge < -0.3 is 14.8 Å². The number of thiophene rings is 1. The van der Waals surface area contributed by atoms with Crippen molar-refractivity contribution in [2.24, 2.45) is 0 Å². The summed E-state index contributed by atoms with van der Waals surface area (Å²) in [6.07, 6.45) is 4.52. The fourth-order valence-electron chi connectivity index (χ4n) is 3.82. The number of aryl methyl sites for hydroxylation is 1. The first kappa shape index (κ1) is 23.1. The highest BCUT2D eigenvalue weighted by atomic mass is 32.2. The van der Waals surface area contributed by atoms with Crippen molar-refractivity contribution < 1.29 is 19.1 Å². The van der Waals surface area contributed by atoms with Crippen molar-refractivity contribution in [1.82, 2.24) is 14.8 Å². The van der Waals surface area contributed by atoms with E-state index in [1.165, 1.54) is 30.2 Å². The van der Waals surface area contributed by atoms with Crippen molar-refractivity contribution in [2.45, 2.75) is 31.0 Å². The molecule has 1 amide bonds. The minimum atomic E-state index is -0.412. The number of carbonyl (C=O) groups excluding carboxylic acids is 2. The van der Waals surface area contributed by atoms with Crippen LogP contribution in [-0.4, -0.2) is 46.6 Å². The zero-order valence-corrected chi connectivity index (χ0v) is 20.1. The van der Waals surface area contributed by atoms with Gasteiger partial charge in [0.1, 0.15) is 10.8 Å². The van der Waals surface area contributed by atoms with E-state index < -0.39 is 5.97 Å². The maximum Gasteiger partial charge on any atom is 0.341 e. The Morgan fingerprint density at radius 2 is 2.09 bits per heavy atom. The summed E-state index contributed by atoms with van der Waals surface area (Å²) >= 11 is 2.73. The molecule has 1 N–H and O–H groups in total. The lowest BCUT2D eigenvalue weighted by Crippen LogP contribution is -2.16. The number of aromatic nitrogens is 3. The molecule has 1 aromatic carbocycles. The molecule has 1 aliphatic carbocycles. The Hall–Kier alpha value is -3.11. The van der Waals surface area contributed by atoms with Crippen LogP contribution in [0.4, 0.5) is 5.00 Å². The van der Waals surface area contributed by atoms with E-state index in [2.05, 4.69) is 22.1 Å². The molecule has 0 bridgehead atoms. The summed E-state index contributed by atoms with van der Waals surface area (Å²) in [6.45, 7) is 4.31. The van der Waals surface area contributed by atoms with Gasteiger partial charge in [0.05, 0.1) is 31.1 Å². The lowest BCUT2D eigenvalue weighted by Gasteiger charge is -2.10. The zero-order valence-electron chi connectivity index (χ0n) is 18.4. The van der Waals surface area contributed by atoms with Crippen molar-refractivity contribution in [3.8, 4) is 17.1 Å². The Morgan fingerprint density at radius 3 is 2.85 bits per heavy atom. The molecule has 0 radical (unpaired) electrons. The van der Waals surface area contributed by atoms with Crippen LogP contribution in [0.5, 0.6) is 5.75 Å². The number of ether oxygens (including phenoxy) is 2. The molecule has 0 saturated carbocycles. The highest BCUT2D eigenvalue weighted by molar-refractivity contribution is 7.99. The number of allylic oxidation sites excluding steroid dienone is 1. The van der Waals surface area contributed by atoms with Crippen LogP contribution in [0.25, 0.3) is 11.4 Å². The first-order valence-corrected chi connectivity index (χ1v) is 12.2. The number of rotatable bonds is 9. The average molecular weight is 485 g/mol. The summed E-state index contributed by atoms with van der Waals surface area (Å²) in [4.78, 5) is 26.2. The maximum atomic E-state index is 12.7. The summed E-state index contributed by atoms with van der Waals surface area (Å²) in [5.41, 5.74) is 2.30. The van der Waals surface area contributed by atoms with Gasteiger partial charge in [0.2, 0.25) is 5.91 Å². The van der Waals surface area contributed by atoms with Gasteiger partial charge in [0.15, 0.2) is 11.0 Å². The van der Waals surface area contributed by atoms with E-state index in [1.54, 1.807) is 13.2 Å². The normalized spacial score (nSPS) is 12.3. The Balaban J connectivity index is 1.51. The number of benzene rings is 1. The molecule has 0 spiro atoms. The smallest absolute Gasteiger partial charge is 0.341 e. The second-order valence-corrected chi connectivity index (χ2v) is 9.34. The van der Waals surface area contributed by atoms with Gasteiger partial charge >= 0.3 is 5.97 Å². The number of para-hydroxylation sites is 1. The molecule has 0 unspecified atom stereocenters. The molecular weight excluding hydrogens is 460 g/mol. The van der Waals surface area contributed by atoms with E-state index in [9.17, 15) is 9.59 Å². The number of nitrogens with zero attached hydrogens (tertiary/aromatic N) is 3. The number of thioether (sulfide) groups is 1. The van der Waals surface area contributed by atoms with Crippen LogP contribution in [0.15, 0.2) is 42.1 Å². The molecule has 10 heteroatoms. The fourth-order valence-corrected chi connectivity index (χ4v) is 5.86. The highest BCUT2D eigenvalue weighted by Gasteiger charge is 2.28. The summed E-state index contributed by atoms with van der Waals surface area (Å²) < 4.78 is 12.3. The van der Waals surface area contributed by atoms with Crippen LogP contribution in [0, 0.1) is 0 Å². The highest BCUT2D eigenvalue weighted by Crippen LogP contribution is 2.39. The summed E-state index contributed by atoms with van der Waals surface area (Å²) in [7, 11) is 2.96. The third-order valence-electron chi connectivity index (χ3n) is 5.27. The third kappa shape index (κ3) is 4.67. The number of anilines is 1. The Labute approximate surface area is 200 Å². The minimum absolute atomic E-state index is 0.115. The predicted octanol–water partition coefficient (Wildman–Crippen LogP) is 4.21. The van der Waals surface area contributed by atoms with E-state index >= 15 is 0 Å².